The van der Waals surface area contributed by atoms with Gasteiger partial charge in [-0.05, 0) is 61.0 Å². The Hall–Kier alpha value is -3.18. The Bertz CT molecular complexity index is 920. The minimum absolute atomic E-state index is 0.164. The van der Waals surface area contributed by atoms with Crippen molar-refractivity contribution in [3.05, 3.63) is 96.1 Å². The van der Waals surface area contributed by atoms with E-state index in [-0.39, 0.29) is 17.1 Å². The van der Waals surface area contributed by atoms with Crippen LogP contribution in [-0.2, 0) is 4.79 Å². The molecule has 5 heteroatoms. The van der Waals surface area contributed by atoms with E-state index in [2.05, 4.69) is 17.6 Å². The third-order valence-electron chi connectivity index (χ3n) is 4.79. The molecule has 0 bridgehead atoms. The molecule has 0 saturated carbocycles. The van der Waals surface area contributed by atoms with Crippen LogP contribution in [0, 0.1) is 0 Å². The molecule has 0 aliphatic heterocycles. The first kappa shape index (κ1) is 21.5. The van der Waals surface area contributed by atoms with Crippen molar-refractivity contribution >= 4 is 28.9 Å². The third kappa shape index (κ3) is 5.91. The van der Waals surface area contributed by atoms with Gasteiger partial charge < -0.3 is 15.4 Å². The Morgan fingerprint density at radius 3 is 1.93 bits per heavy atom. The Morgan fingerprint density at radius 2 is 1.43 bits per heavy atom. The van der Waals surface area contributed by atoms with Gasteiger partial charge in [-0.25, -0.2) is 0 Å². The number of amides is 1. The van der Waals surface area contributed by atoms with Gasteiger partial charge in [0.1, 0.15) is 5.75 Å². The van der Waals surface area contributed by atoms with Crippen molar-refractivity contribution in [1.29, 1.82) is 0 Å². The van der Waals surface area contributed by atoms with Crippen molar-refractivity contribution in [2.24, 2.45) is 0 Å². The normalized spacial score (nSPS) is 11.6. The van der Waals surface area contributed by atoms with Crippen LogP contribution in [0.15, 0.2) is 84.9 Å². The summed E-state index contributed by atoms with van der Waals surface area (Å²) in [4.78, 5) is 13.1. The second-order valence-electron chi connectivity index (χ2n) is 7.06. The molecule has 3 rings (SSSR count). The number of nitrogens with one attached hydrogen (secondary N) is 2. The fraction of sp³-hybridized carbons (Fsp3) is 0.200. The lowest BCUT2D eigenvalue weighted by molar-refractivity contribution is -0.120. The van der Waals surface area contributed by atoms with Crippen molar-refractivity contribution in [2.75, 3.05) is 5.32 Å². The molecule has 0 spiro atoms. The number of anilines is 1. The van der Waals surface area contributed by atoms with Crippen LogP contribution in [0.1, 0.15) is 37.3 Å². The van der Waals surface area contributed by atoms with Gasteiger partial charge in [0.2, 0.25) is 5.91 Å². The first-order valence-corrected chi connectivity index (χ1v) is 10.5. The van der Waals surface area contributed by atoms with Gasteiger partial charge in [-0.1, -0.05) is 67.6 Å². The summed E-state index contributed by atoms with van der Waals surface area (Å²) in [6.45, 7) is 4.12. The first-order valence-electron chi connectivity index (χ1n) is 10.0. The summed E-state index contributed by atoms with van der Waals surface area (Å²) in [5.41, 5.74) is 2.61. The van der Waals surface area contributed by atoms with Crippen molar-refractivity contribution in [2.45, 2.75) is 32.3 Å². The van der Waals surface area contributed by atoms with E-state index < -0.39 is 5.92 Å². The maximum Gasteiger partial charge on any atom is 0.238 e. The van der Waals surface area contributed by atoms with Crippen LogP contribution in [0.25, 0.3) is 0 Å². The molecular formula is C25H26N2O2S. The molecule has 0 radical (unpaired) electrons. The molecule has 0 aliphatic rings. The van der Waals surface area contributed by atoms with E-state index in [0.717, 1.165) is 29.0 Å². The monoisotopic (exact) mass is 418 g/mol. The van der Waals surface area contributed by atoms with Gasteiger partial charge >= 0.3 is 0 Å². The molecule has 1 amide bonds. The second kappa shape index (κ2) is 10.6. The lowest BCUT2D eigenvalue weighted by Crippen LogP contribution is -2.37. The van der Waals surface area contributed by atoms with Gasteiger partial charge in [0.15, 0.2) is 5.11 Å². The molecular weight excluding hydrogens is 392 g/mol. The molecule has 0 saturated heterocycles. The molecule has 2 N–H and O–H groups in total. The highest BCUT2D eigenvalue weighted by Crippen LogP contribution is 2.25. The largest absolute Gasteiger partial charge is 0.491 e. The van der Waals surface area contributed by atoms with E-state index in [1.807, 2.05) is 91.9 Å². The van der Waals surface area contributed by atoms with E-state index in [1.54, 1.807) is 0 Å². The van der Waals surface area contributed by atoms with Crippen LogP contribution in [0.2, 0.25) is 0 Å². The van der Waals surface area contributed by atoms with Crippen LogP contribution in [0.4, 0.5) is 5.69 Å². The maximum atomic E-state index is 13.1. The SMILES string of the molecule is CCC(C)Oc1ccc(NC(=S)NC(=O)C(c2ccccc2)c2ccccc2)cc1. The van der Waals surface area contributed by atoms with E-state index in [9.17, 15) is 4.79 Å². The van der Waals surface area contributed by atoms with Gasteiger partial charge in [-0.2, -0.15) is 0 Å². The average molecular weight is 419 g/mol. The highest BCUT2D eigenvalue weighted by molar-refractivity contribution is 7.80. The molecule has 3 aromatic carbocycles. The Balaban J connectivity index is 1.68. The number of carbonyl (C=O) groups is 1. The first-order chi connectivity index (χ1) is 14.6. The smallest absolute Gasteiger partial charge is 0.238 e. The van der Waals surface area contributed by atoms with E-state index >= 15 is 0 Å². The summed E-state index contributed by atoms with van der Waals surface area (Å²) in [5, 5.41) is 6.16. The van der Waals surface area contributed by atoms with Gasteiger partial charge in [-0.15, -0.1) is 0 Å². The lowest BCUT2D eigenvalue weighted by Gasteiger charge is -2.19. The predicted molar refractivity (Wildman–Crippen MR) is 126 cm³/mol. The van der Waals surface area contributed by atoms with Gasteiger partial charge in [-0.3, -0.25) is 4.79 Å². The van der Waals surface area contributed by atoms with Crippen LogP contribution in [-0.4, -0.2) is 17.1 Å². The summed E-state index contributed by atoms with van der Waals surface area (Å²) in [6.07, 6.45) is 1.11. The molecule has 1 atom stereocenters. The fourth-order valence-corrected chi connectivity index (χ4v) is 3.28. The fourth-order valence-electron chi connectivity index (χ4n) is 3.07. The highest BCUT2D eigenvalue weighted by Gasteiger charge is 2.23. The number of hydrogen-bond acceptors (Lipinski definition) is 3. The van der Waals surface area contributed by atoms with Gasteiger partial charge in [0, 0.05) is 5.69 Å². The average Bonchev–Trinajstić information content (AvgIpc) is 2.76. The number of ether oxygens (including phenoxy) is 1. The summed E-state index contributed by atoms with van der Waals surface area (Å²) >= 11 is 5.38. The number of benzene rings is 3. The summed E-state index contributed by atoms with van der Waals surface area (Å²) in [7, 11) is 0. The minimum Gasteiger partial charge on any atom is -0.491 e. The van der Waals surface area contributed by atoms with Crippen molar-refractivity contribution in [3.8, 4) is 5.75 Å². The van der Waals surface area contributed by atoms with Crippen LogP contribution < -0.4 is 15.4 Å². The predicted octanol–water partition coefficient (Wildman–Crippen LogP) is 5.51. The second-order valence-corrected chi connectivity index (χ2v) is 7.47. The van der Waals surface area contributed by atoms with Crippen molar-refractivity contribution < 1.29 is 9.53 Å². The topological polar surface area (TPSA) is 50.4 Å². The summed E-state index contributed by atoms with van der Waals surface area (Å²) in [5.74, 6) is 0.179. The van der Waals surface area contributed by atoms with E-state index in [4.69, 9.17) is 17.0 Å². The molecule has 4 nitrogen and oxygen atoms in total. The molecule has 0 heterocycles. The molecule has 30 heavy (non-hydrogen) atoms. The van der Waals surface area contributed by atoms with Gasteiger partial charge in [0.25, 0.3) is 0 Å². The number of thiocarbonyl (C=S) groups is 1. The van der Waals surface area contributed by atoms with Crippen LogP contribution in [0.5, 0.6) is 5.75 Å². The van der Waals surface area contributed by atoms with Crippen LogP contribution in [0.3, 0.4) is 0 Å². The van der Waals surface area contributed by atoms with Crippen LogP contribution >= 0.6 is 12.2 Å². The number of carbonyl (C=O) groups excluding carboxylic acids is 1. The zero-order valence-corrected chi connectivity index (χ0v) is 18.0. The molecule has 0 fully saturated rings. The minimum atomic E-state index is -0.446. The quantitative estimate of drug-likeness (QED) is 0.497. The third-order valence-corrected chi connectivity index (χ3v) is 4.99. The summed E-state index contributed by atoms with van der Waals surface area (Å²) in [6, 6.07) is 26.9. The maximum absolute atomic E-state index is 13.1. The van der Waals surface area contributed by atoms with E-state index in [0.29, 0.717) is 0 Å². The molecule has 0 aromatic heterocycles. The molecule has 3 aromatic rings. The number of hydrogen-bond donors (Lipinski definition) is 2. The van der Waals surface area contributed by atoms with Crippen molar-refractivity contribution in [3.63, 3.8) is 0 Å². The summed E-state index contributed by atoms with van der Waals surface area (Å²) < 4.78 is 5.79. The molecule has 154 valence electrons. The zero-order valence-electron chi connectivity index (χ0n) is 17.2. The lowest BCUT2D eigenvalue weighted by atomic mass is 9.90. The molecule has 0 aliphatic carbocycles. The Labute approximate surface area is 183 Å². The van der Waals surface area contributed by atoms with Gasteiger partial charge in [0.05, 0.1) is 12.0 Å². The van der Waals surface area contributed by atoms with Crippen molar-refractivity contribution in [1.82, 2.24) is 5.32 Å². The highest BCUT2D eigenvalue weighted by atomic mass is 32.1. The Kier molecular flexibility index (Phi) is 7.57. The standard InChI is InChI=1S/C25H26N2O2S/c1-3-18(2)29-22-16-14-21(15-17-22)26-25(30)27-24(28)23(19-10-6-4-7-11-19)20-12-8-5-9-13-20/h4-18,23H,3H2,1-2H3,(H2,26,27,28,30). The molecule has 1 unspecified atom stereocenters. The zero-order chi connectivity index (χ0) is 21.3. The van der Waals surface area contributed by atoms with E-state index in [1.165, 1.54) is 0 Å². The number of rotatable bonds is 7. The Morgan fingerprint density at radius 1 is 0.900 bits per heavy atom.